The van der Waals surface area contributed by atoms with Crippen molar-refractivity contribution in [2.45, 2.75) is 0 Å². The second kappa shape index (κ2) is 7.78. The Morgan fingerprint density at radius 1 is 0.889 bits per heavy atom. The molecule has 6 N–H and O–H groups in total. The van der Waals surface area contributed by atoms with E-state index in [2.05, 4.69) is 9.97 Å². The molecule has 0 aliphatic rings. The smallest absolute Gasteiger partial charge is 0.337 e. The second-order valence-electron chi connectivity index (χ2n) is 5.18. The fraction of sp³-hybridized carbons (Fsp3) is 0. The van der Waals surface area contributed by atoms with E-state index in [9.17, 15) is 19.2 Å². The average Bonchev–Trinajstić information content (AvgIpc) is 2.61. The molecule has 0 amide bonds. The molecule has 2 aromatic carbocycles. The van der Waals surface area contributed by atoms with Gasteiger partial charge in [-0.05, 0) is 36.4 Å². The molecule has 0 aliphatic carbocycles. The third-order valence-corrected chi connectivity index (χ3v) is 3.42. The topological polar surface area (TPSA) is 184 Å². The first kappa shape index (κ1) is 19.1. The summed E-state index contributed by atoms with van der Waals surface area (Å²) in [5, 5.41) is 26.2. The molecular weight excluding hydrogens is 358 g/mol. The first-order valence-electron chi connectivity index (χ1n) is 7.27. The predicted molar refractivity (Wildman–Crippen MR) is 94.1 cm³/mol. The zero-order valence-electron chi connectivity index (χ0n) is 13.5. The maximum Gasteiger partial charge on any atom is 0.337 e. The van der Waals surface area contributed by atoms with Crippen molar-refractivity contribution in [3.8, 4) is 0 Å². The Bertz CT molecular complexity index is 1110. The highest BCUT2D eigenvalue weighted by Crippen LogP contribution is 2.14. The molecular formula is C17H13N3O7. The van der Waals surface area contributed by atoms with E-state index in [1.165, 1.54) is 36.7 Å². The quantitative estimate of drug-likeness (QED) is 0.423. The third-order valence-electron chi connectivity index (χ3n) is 3.42. The summed E-state index contributed by atoms with van der Waals surface area (Å²) < 4.78 is 0. The number of anilines is 1. The van der Waals surface area contributed by atoms with Gasteiger partial charge in [-0.3, -0.25) is 4.79 Å². The van der Waals surface area contributed by atoms with Crippen molar-refractivity contribution in [1.82, 2.24) is 9.97 Å². The van der Waals surface area contributed by atoms with Crippen LogP contribution in [0.5, 0.6) is 0 Å². The van der Waals surface area contributed by atoms with Crippen LogP contribution in [0.2, 0.25) is 0 Å². The minimum Gasteiger partial charge on any atom is -0.478 e. The minimum atomic E-state index is -1.17. The molecule has 0 fully saturated rings. The van der Waals surface area contributed by atoms with Crippen molar-refractivity contribution < 1.29 is 29.7 Å². The highest BCUT2D eigenvalue weighted by Gasteiger charge is 2.10. The second-order valence-corrected chi connectivity index (χ2v) is 5.18. The van der Waals surface area contributed by atoms with Gasteiger partial charge < -0.3 is 26.0 Å². The Hall–Kier alpha value is -4.21. The van der Waals surface area contributed by atoms with Gasteiger partial charge in [0.1, 0.15) is 0 Å². The molecule has 10 heteroatoms. The van der Waals surface area contributed by atoms with Crippen molar-refractivity contribution in [1.29, 1.82) is 0 Å². The number of nitrogen functional groups attached to an aromatic ring is 1. The fourth-order valence-electron chi connectivity index (χ4n) is 2.09. The molecule has 0 spiro atoms. The number of aromatic nitrogens is 2. The number of benzene rings is 2. The van der Waals surface area contributed by atoms with Crippen LogP contribution in [0.1, 0.15) is 31.1 Å². The molecule has 138 valence electrons. The van der Waals surface area contributed by atoms with E-state index in [0.29, 0.717) is 10.9 Å². The number of hydrogen-bond acceptors (Lipinski definition) is 6. The summed E-state index contributed by atoms with van der Waals surface area (Å²) >= 11 is 0. The van der Waals surface area contributed by atoms with Crippen LogP contribution >= 0.6 is 0 Å². The fourth-order valence-corrected chi connectivity index (χ4v) is 2.09. The highest BCUT2D eigenvalue weighted by molar-refractivity contribution is 5.97. The average molecular weight is 371 g/mol. The molecule has 3 rings (SSSR count). The van der Waals surface area contributed by atoms with Crippen LogP contribution in [0.4, 0.5) is 5.69 Å². The van der Waals surface area contributed by atoms with E-state index in [-0.39, 0.29) is 27.9 Å². The molecule has 27 heavy (non-hydrogen) atoms. The maximum absolute atomic E-state index is 11.2. The summed E-state index contributed by atoms with van der Waals surface area (Å²) in [6.45, 7) is 0. The number of fused-ring (bicyclic) bond motifs is 1. The SMILES string of the molecule is Nc1cc(C(=O)O)ccc1C(=O)O.O=C(O)c1ccc2c(=O)[nH]cnc2c1. The van der Waals surface area contributed by atoms with Gasteiger partial charge in [0, 0.05) is 5.69 Å². The van der Waals surface area contributed by atoms with Gasteiger partial charge in [-0.1, -0.05) is 0 Å². The number of nitrogens with two attached hydrogens (primary N) is 1. The number of carboxylic acids is 3. The van der Waals surface area contributed by atoms with Crippen molar-refractivity contribution in [2.24, 2.45) is 0 Å². The molecule has 0 radical (unpaired) electrons. The zero-order chi connectivity index (χ0) is 20.1. The summed E-state index contributed by atoms with van der Waals surface area (Å²) in [5.41, 5.74) is 5.38. The van der Waals surface area contributed by atoms with Gasteiger partial charge in [0.15, 0.2) is 0 Å². The predicted octanol–water partition coefficient (Wildman–Crippen LogP) is 1.29. The molecule has 0 aliphatic heterocycles. The number of carbonyl (C=O) groups is 3. The number of nitrogens with zero attached hydrogens (tertiary/aromatic N) is 1. The normalized spacial score (nSPS) is 9.93. The summed E-state index contributed by atoms with van der Waals surface area (Å²) in [6, 6.07) is 7.67. The Balaban J connectivity index is 0.000000194. The largest absolute Gasteiger partial charge is 0.478 e. The molecule has 1 aromatic heterocycles. The molecule has 3 aromatic rings. The molecule has 0 atom stereocenters. The van der Waals surface area contributed by atoms with Gasteiger partial charge >= 0.3 is 17.9 Å². The van der Waals surface area contributed by atoms with Gasteiger partial charge in [0.25, 0.3) is 5.56 Å². The van der Waals surface area contributed by atoms with Gasteiger partial charge in [0.2, 0.25) is 0 Å². The van der Waals surface area contributed by atoms with Crippen LogP contribution in [0.25, 0.3) is 10.9 Å². The number of hydrogen-bond donors (Lipinski definition) is 5. The standard InChI is InChI=1S/C9H6N2O3.C8H7NO4/c12-8-6-2-1-5(9(13)14)3-7(6)10-4-11-8;9-6-3-4(7(10)11)1-2-5(6)8(12)13/h1-4H,(H,13,14)(H,10,11,12);1-3H,9H2,(H,10,11)(H,12,13). The van der Waals surface area contributed by atoms with Crippen molar-refractivity contribution >= 4 is 34.5 Å². The third kappa shape index (κ3) is 4.45. The lowest BCUT2D eigenvalue weighted by Crippen LogP contribution is -2.07. The number of H-pyrrole nitrogens is 1. The van der Waals surface area contributed by atoms with Crippen molar-refractivity contribution in [3.63, 3.8) is 0 Å². The summed E-state index contributed by atoms with van der Waals surface area (Å²) in [7, 11) is 0. The van der Waals surface area contributed by atoms with E-state index in [1.807, 2.05) is 0 Å². The van der Waals surface area contributed by atoms with Crippen LogP contribution < -0.4 is 11.3 Å². The monoisotopic (exact) mass is 371 g/mol. The van der Waals surface area contributed by atoms with Crippen molar-refractivity contribution in [3.05, 3.63) is 69.8 Å². The van der Waals surface area contributed by atoms with Crippen LogP contribution in [0.3, 0.4) is 0 Å². The first-order valence-corrected chi connectivity index (χ1v) is 7.27. The lowest BCUT2D eigenvalue weighted by Gasteiger charge is -2.00. The Morgan fingerprint density at radius 2 is 1.48 bits per heavy atom. The Kier molecular flexibility index (Phi) is 5.51. The number of rotatable bonds is 3. The lowest BCUT2D eigenvalue weighted by atomic mass is 10.1. The van der Waals surface area contributed by atoms with Gasteiger partial charge in [-0.2, -0.15) is 0 Å². The summed E-state index contributed by atoms with van der Waals surface area (Å²) in [4.78, 5) is 49.0. The van der Waals surface area contributed by atoms with E-state index in [4.69, 9.17) is 21.1 Å². The summed E-state index contributed by atoms with van der Waals surface area (Å²) in [5.74, 6) is -3.34. The minimum absolute atomic E-state index is 0.0255. The molecule has 0 saturated heterocycles. The number of nitrogens with one attached hydrogen (secondary N) is 1. The molecule has 0 unspecified atom stereocenters. The van der Waals surface area contributed by atoms with Crippen molar-refractivity contribution in [2.75, 3.05) is 5.73 Å². The van der Waals surface area contributed by atoms with E-state index < -0.39 is 17.9 Å². The Labute approximate surface area is 150 Å². The van der Waals surface area contributed by atoms with Gasteiger partial charge in [-0.25, -0.2) is 19.4 Å². The van der Waals surface area contributed by atoms with Crippen LogP contribution in [-0.2, 0) is 0 Å². The number of carboxylic acid groups (broad SMARTS) is 3. The lowest BCUT2D eigenvalue weighted by molar-refractivity contribution is 0.0682. The van der Waals surface area contributed by atoms with Gasteiger partial charge in [-0.15, -0.1) is 0 Å². The van der Waals surface area contributed by atoms with Crippen LogP contribution in [0, 0.1) is 0 Å². The van der Waals surface area contributed by atoms with E-state index in [1.54, 1.807) is 0 Å². The number of aromatic amines is 1. The Morgan fingerprint density at radius 3 is 2.04 bits per heavy atom. The highest BCUT2D eigenvalue weighted by atomic mass is 16.4. The first-order chi connectivity index (χ1) is 12.7. The van der Waals surface area contributed by atoms with Crippen LogP contribution in [-0.4, -0.2) is 43.2 Å². The summed E-state index contributed by atoms with van der Waals surface area (Å²) in [6.07, 6.45) is 1.25. The zero-order valence-corrected chi connectivity index (χ0v) is 13.5. The maximum atomic E-state index is 11.2. The van der Waals surface area contributed by atoms with Gasteiger partial charge in [0.05, 0.1) is 33.9 Å². The molecule has 0 bridgehead atoms. The van der Waals surface area contributed by atoms with Crippen LogP contribution in [0.15, 0.2) is 47.5 Å². The van der Waals surface area contributed by atoms with E-state index in [0.717, 1.165) is 6.07 Å². The molecule has 0 saturated carbocycles. The molecule has 1 heterocycles. The van der Waals surface area contributed by atoms with E-state index >= 15 is 0 Å². The molecule has 10 nitrogen and oxygen atoms in total. The number of aromatic carboxylic acids is 3.